The molecule has 0 heterocycles. The average molecular weight is 320 g/mol. The molecule has 0 amide bonds. The minimum Gasteiger partial charge on any atom is -0.478 e. The minimum atomic E-state index is -0.934. The number of hydrogen-bond acceptors (Lipinski definition) is 3. The van der Waals surface area contributed by atoms with Crippen LogP contribution >= 0.6 is 0 Å². The quantitative estimate of drug-likeness (QED) is 0.443. The highest BCUT2D eigenvalue weighted by Crippen LogP contribution is 2.27. The summed E-state index contributed by atoms with van der Waals surface area (Å²) in [4.78, 5) is 22.5. The molecule has 0 saturated carbocycles. The Morgan fingerprint density at radius 1 is 1.00 bits per heavy atom. The molecule has 0 aliphatic rings. The van der Waals surface area contributed by atoms with Gasteiger partial charge in [0.1, 0.15) is 0 Å². The van der Waals surface area contributed by atoms with Crippen molar-refractivity contribution in [3.05, 3.63) is 65.7 Å². The van der Waals surface area contributed by atoms with Crippen LogP contribution in [0.5, 0.6) is 0 Å². The number of carboxylic acids is 1. The van der Waals surface area contributed by atoms with Gasteiger partial charge in [0.2, 0.25) is 0 Å². The SMILES string of the molecule is CCOC(=O)C=Cc1ccc2c(ccc3cc(C(=O)O)ccc32)c1. The van der Waals surface area contributed by atoms with E-state index in [0.29, 0.717) is 6.61 Å². The lowest BCUT2D eigenvalue weighted by atomic mass is 9.98. The fourth-order valence-electron chi connectivity index (χ4n) is 2.68. The van der Waals surface area contributed by atoms with E-state index < -0.39 is 5.97 Å². The van der Waals surface area contributed by atoms with E-state index in [9.17, 15) is 9.59 Å². The third kappa shape index (κ3) is 3.13. The number of hydrogen-bond donors (Lipinski definition) is 1. The Morgan fingerprint density at radius 3 is 2.33 bits per heavy atom. The first kappa shape index (κ1) is 15.7. The highest BCUT2D eigenvalue weighted by Gasteiger charge is 2.06. The first-order valence-electron chi connectivity index (χ1n) is 7.63. The van der Waals surface area contributed by atoms with Crippen LogP contribution in [0.4, 0.5) is 0 Å². The summed E-state index contributed by atoms with van der Waals surface area (Å²) in [6.45, 7) is 2.12. The number of esters is 1. The molecule has 0 spiro atoms. The molecule has 24 heavy (non-hydrogen) atoms. The molecule has 0 aliphatic heterocycles. The normalized spacial score (nSPS) is 11.2. The Balaban J connectivity index is 2.02. The summed E-state index contributed by atoms with van der Waals surface area (Å²) in [6.07, 6.45) is 3.13. The van der Waals surface area contributed by atoms with Crippen molar-refractivity contribution in [3.63, 3.8) is 0 Å². The van der Waals surface area contributed by atoms with Crippen molar-refractivity contribution in [2.24, 2.45) is 0 Å². The van der Waals surface area contributed by atoms with Gasteiger partial charge in [0, 0.05) is 6.08 Å². The Hall–Kier alpha value is -3.14. The summed E-state index contributed by atoms with van der Waals surface area (Å²) < 4.78 is 4.87. The number of rotatable bonds is 4. The molecular formula is C20H16O4. The largest absolute Gasteiger partial charge is 0.478 e. The van der Waals surface area contributed by atoms with Gasteiger partial charge in [-0.2, -0.15) is 0 Å². The van der Waals surface area contributed by atoms with Crippen molar-refractivity contribution in [1.29, 1.82) is 0 Å². The van der Waals surface area contributed by atoms with Gasteiger partial charge >= 0.3 is 11.9 Å². The van der Waals surface area contributed by atoms with Gasteiger partial charge < -0.3 is 9.84 Å². The van der Waals surface area contributed by atoms with Crippen molar-refractivity contribution in [3.8, 4) is 0 Å². The molecular weight excluding hydrogens is 304 g/mol. The second kappa shape index (κ2) is 6.54. The first-order chi connectivity index (χ1) is 11.6. The van der Waals surface area contributed by atoms with E-state index >= 15 is 0 Å². The van der Waals surface area contributed by atoms with E-state index in [4.69, 9.17) is 9.84 Å². The maximum absolute atomic E-state index is 11.4. The smallest absolute Gasteiger partial charge is 0.335 e. The Bertz CT molecular complexity index is 970. The van der Waals surface area contributed by atoms with Gasteiger partial charge in [-0.05, 0) is 58.3 Å². The van der Waals surface area contributed by atoms with Crippen molar-refractivity contribution < 1.29 is 19.4 Å². The fourth-order valence-corrected chi connectivity index (χ4v) is 2.68. The number of aromatic carboxylic acids is 1. The molecule has 0 unspecified atom stereocenters. The topological polar surface area (TPSA) is 63.6 Å². The molecule has 0 radical (unpaired) electrons. The van der Waals surface area contributed by atoms with Crippen molar-refractivity contribution >= 4 is 39.6 Å². The van der Waals surface area contributed by atoms with Crippen LogP contribution in [-0.2, 0) is 9.53 Å². The Kier molecular flexibility index (Phi) is 4.29. The summed E-state index contributed by atoms with van der Waals surface area (Å²) in [7, 11) is 0. The van der Waals surface area contributed by atoms with Crippen LogP contribution in [0.3, 0.4) is 0 Å². The van der Waals surface area contributed by atoms with E-state index in [1.54, 1.807) is 25.1 Å². The molecule has 0 fully saturated rings. The molecule has 0 saturated heterocycles. The van der Waals surface area contributed by atoms with Crippen LogP contribution in [0.25, 0.3) is 27.6 Å². The Labute approximate surface area is 139 Å². The van der Waals surface area contributed by atoms with Gasteiger partial charge in [-0.1, -0.05) is 30.3 Å². The summed E-state index contributed by atoms with van der Waals surface area (Å²) in [6, 6.07) is 14.8. The second-order valence-electron chi connectivity index (χ2n) is 5.37. The lowest BCUT2D eigenvalue weighted by Crippen LogP contribution is -1.98. The van der Waals surface area contributed by atoms with Crippen LogP contribution < -0.4 is 0 Å². The molecule has 3 aromatic carbocycles. The predicted octanol–water partition coefficient (Wildman–Crippen LogP) is 4.27. The van der Waals surface area contributed by atoms with Crippen LogP contribution in [-0.4, -0.2) is 23.7 Å². The second-order valence-corrected chi connectivity index (χ2v) is 5.37. The standard InChI is InChI=1S/C20H16O4/c1-2-24-19(21)10-4-13-3-8-17-14(11-13)5-6-15-12-16(20(22)23)7-9-18(15)17/h3-12H,2H2,1H3,(H,22,23). The summed E-state index contributed by atoms with van der Waals surface area (Å²) >= 11 is 0. The van der Waals surface area contributed by atoms with Crippen molar-refractivity contribution in [1.82, 2.24) is 0 Å². The number of carbonyl (C=O) groups excluding carboxylic acids is 1. The number of carboxylic acid groups (broad SMARTS) is 1. The molecule has 3 aromatic rings. The molecule has 0 aromatic heterocycles. The van der Waals surface area contributed by atoms with Crippen LogP contribution in [0, 0.1) is 0 Å². The lowest BCUT2D eigenvalue weighted by Gasteiger charge is -2.06. The third-order valence-electron chi connectivity index (χ3n) is 3.81. The molecule has 1 N–H and O–H groups in total. The lowest BCUT2D eigenvalue weighted by molar-refractivity contribution is -0.137. The van der Waals surface area contributed by atoms with Gasteiger partial charge in [0.05, 0.1) is 12.2 Å². The van der Waals surface area contributed by atoms with Gasteiger partial charge in [-0.25, -0.2) is 9.59 Å². The van der Waals surface area contributed by atoms with Crippen LogP contribution in [0.2, 0.25) is 0 Å². The van der Waals surface area contributed by atoms with Gasteiger partial charge in [0.25, 0.3) is 0 Å². The van der Waals surface area contributed by atoms with Gasteiger partial charge in [-0.3, -0.25) is 0 Å². The van der Waals surface area contributed by atoms with E-state index in [0.717, 1.165) is 27.1 Å². The van der Waals surface area contributed by atoms with Crippen molar-refractivity contribution in [2.75, 3.05) is 6.61 Å². The molecule has 120 valence electrons. The maximum Gasteiger partial charge on any atom is 0.335 e. The Morgan fingerprint density at radius 2 is 1.67 bits per heavy atom. The summed E-state index contributed by atoms with van der Waals surface area (Å²) in [5.74, 6) is -1.30. The van der Waals surface area contributed by atoms with Crippen LogP contribution in [0.1, 0.15) is 22.8 Å². The maximum atomic E-state index is 11.4. The van der Waals surface area contributed by atoms with Gasteiger partial charge in [-0.15, -0.1) is 0 Å². The average Bonchev–Trinajstić information content (AvgIpc) is 2.59. The fraction of sp³-hybridized carbons (Fsp3) is 0.100. The molecule has 0 atom stereocenters. The van der Waals surface area contributed by atoms with E-state index in [1.807, 2.05) is 36.4 Å². The number of fused-ring (bicyclic) bond motifs is 3. The highest BCUT2D eigenvalue weighted by molar-refractivity contribution is 6.09. The van der Waals surface area contributed by atoms with Gasteiger partial charge in [0.15, 0.2) is 0 Å². The zero-order valence-electron chi connectivity index (χ0n) is 13.2. The first-order valence-corrected chi connectivity index (χ1v) is 7.63. The monoisotopic (exact) mass is 320 g/mol. The highest BCUT2D eigenvalue weighted by atomic mass is 16.5. The number of benzene rings is 3. The van der Waals surface area contributed by atoms with Crippen molar-refractivity contribution in [2.45, 2.75) is 6.92 Å². The predicted molar refractivity (Wildman–Crippen MR) is 94.1 cm³/mol. The summed E-state index contributed by atoms with van der Waals surface area (Å²) in [5, 5.41) is 13.0. The molecule has 0 bridgehead atoms. The molecule has 4 nitrogen and oxygen atoms in total. The molecule has 3 rings (SSSR count). The van der Waals surface area contributed by atoms with E-state index in [1.165, 1.54) is 6.08 Å². The zero-order valence-corrected chi connectivity index (χ0v) is 13.2. The number of carbonyl (C=O) groups is 2. The van der Waals surface area contributed by atoms with Crippen LogP contribution in [0.15, 0.2) is 54.6 Å². The molecule has 0 aliphatic carbocycles. The zero-order chi connectivity index (χ0) is 17.1. The summed E-state index contributed by atoms with van der Waals surface area (Å²) in [5.41, 5.74) is 1.17. The minimum absolute atomic E-state index is 0.274. The third-order valence-corrected chi connectivity index (χ3v) is 3.81. The van der Waals surface area contributed by atoms with E-state index in [-0.39, 0.29) is 11.5 Å². The number of ether oxygens (including phenoxy) is 1. The van der Waals surface area contributed by atoms with E-state index in [2.05, 4.69) is 0 Å². The molecule has 4 heteroatoms.